The Labute approximate surface area is 220 Å². The number of carbonyl (C=O) groups is 2. The lowest BCUT2D eigenvalue weighted by Crippen LogP contribution is -2.48. The molecule has 0 radical (unpaired) electrons. The molecule has 10 nitrogen and oxygen atoms in total. The van der Waals surface area contributed by atoms with Crippen molar-refractivity contribution in [3.05, 3.63) is 66.6 Å². The minimum atomic E-state index is -1.05. The van der Waals surface area contributed by atoms with E-state index in [-0.39, 0.29) is 24.4 Å². The van der Waals surface area contributed by atoms with Gasteiger partial charge in [0.15, 0.2) is 17.5 Å². The van der Waals surface area contributed by atoms with Gasteiger partial charge in [0.25, 0.3) is 5.91 Å². The molecule has 4 aromatic rings. The van der Waals surface area contributed by atoms with Gasteiger partial charge in [-0.3, -0.25) is 14.5 Å². The van der Waals surface area contributed by atoms with Crippen molar-refractivity contribution in [2.45, 2.75) is 50.7 Å². The second kappa shape index (κ2) is 11.4. The fourth-order valence-corrected chi connectivity index (χ4v) is 5.00. The van der Waals surface area contributed by atoms with Crippen LogP contribution in [-0.2, 0) is 16.1 Å². The van der Waals surface area contributed by atoms with Crippen molar-refractivity contribution in [1.82, 2.24) is 20.3 Å². The van der Waals surface area contributed by atoms with Gasteiger partial charge in [-0.2, -0.15) is 0 Å². The Balaban J connectivity index is 1.56. The van der Waals surface area contributed by atoms with Crippen LogP contribution >= 0.6 is 0 Å². The van der Waals surface area contributed by atoms with E-state index in [9.17, 15) is 9.59 Å². The smallest absolute Gasteiger partial charge is 0.251 e. The maximum atomic E-state index is 14.1. The number of benzene rings is 2. The molecule has 2 aromatic heterocycles. The van der Waals surface area contributed by atoms with Crippen LogP contribution in [0.1, 0.15) is 43.9 Å². The highest BCUT2D eigenvalue weighted by Crippen LogP contribution is 2.36. The average molecular weight is 518 g/mol. The Morgan fingerprint density at radius 3 is 2.58 bits per heavy atom. The van der Waals surface area contributed by atoms with E-state index >= 15 is 0 Å². The molecule has 0 spiro atoms. The zero-order valence-corrected chi connectivity index (χ0v) is 21.5. The van der Waals surface area contributed by atoms with Crippen LogP contribution in [-0.4, -0.2) is 47.1 Å². The van der Waals surface area contributed by atoms with E-state index in [0.717, 1.165) is 32.1 Å². The summed E-state index contributed by atoms with van der Waals surface area (Å²) in [7, 11) is 3.06. The van der Waals surface area contributed by atoms with Crippen molar-refractivity contribution in [3.63, 3.8) is 0 Å². The van der Waals surface area contributed by atoms with Crippen LogP contribution in [0.3, 0.4) is 0 Å². The summed E-state index contributed by atoms with van der Waals surface area (Å²) in [6.45, 7) is -0.136. The van der Waals surface area contributed by atoms with E-state index in [0.29, 0.717) is 34.0 Å². The van der Waals surface area contributed by atoms with Crippen LogP contribution in [0.15, 0.2) is 65.3 Å². The zero-order chi connectivity index (χ0) is 26.5. The number of para-hydroxylation sites is 1. The molecule has 0 aliphatic heterocycles. The first-order valence-corrected chi connectivity index (χ1v) is 12.7. The van der Waals surface area contributed by atoms with Gasteiger partial charge in [-0.25, -0.2) is 4.68 Å². The average Bonchev–Trinajstić information content (AvgIpc) is 3.62. The summed E-state index contributed by atoms with van der Waals surface area (Å²) in [4.78, 5) is 29.4. The molecule has 2 aromatic carbocycles. The Morgan fingerprint density at radius 2 is 1.84 bits per heavy atom. The monoisotopic (exact) mass is 517 g/mol. The lowest BCUT2D eigenvalue weighted by molar-refractivity contribution is -0.128. The van der Waals surface area contributed by atoms with E-state index in [2.05, 4.69) is 15.6 Å². The third-order valence-corrected chi connectivity index (χ3v) is 6.89. The Morgan fingerprint density at radius 1 is 1.05 bits per heavy atom. The number of rotatable bonds is 9. The van der Waals surface area contributed by atoms with E-state index < -0.39 is 6.04 Å². The standard InChI is InChI=1S/C28H31N5O5/c1-36-23-15-14-20(17-25(23)37-2)33(26(34)18-32-22-12-7-6-11-21(22)30-31-32)27(24-13-8-16-38-24)28(35)29-19-9-4-3-5-10-19/h6-8,11-17,19,27H,3-5,9-10,18H2,1-2H3,(H,29,35). The van der Waals surface area contributed by atoms with Crippen LogP contribution in [0.25, 0.3) is 11.0 Å². The van der Waals surface area contributed by atoms with Gasteiger partial charge in [-0.15, -0.1) is 5.10 Å². The predicted molar refractivity (Wildman–Crippen MR) is 141 cm³/mol. The van der Waals surface area contributed by atoms with Gasteiger partial charge in [0.2, 0.25) is 5.91 Å². The highest BCUT2D eigenvalue weighted by Gasteiger charge is 2.36. The fraction of sp³-hybridized carbons (Fsp3) is 0.357. The first-order chi connectivity index (χ1) is 18.6. The lowest BCUT2D eigenvalue weighted by Gasteiger charge is -2.32. The van der Waals surface area contributed by atoms with Crippen molar-refractivity contribution >= 4 is 28.5 Å². The Bertz CT molecular complexity index is 1390. The normalized spacial score (nSPS) is 14.7. The minimum absolute atomic E-state index is 0.0512. The van der Waals surface area contributed by atoms with Gasteiger partial charge in [0.1, 0.15) is 17.8 Å². The van der Waals surface area contributed by atoms with Crippen molar-refractivity contribution in [2.24, 2.45) is 0 Å². The zero-order valence-electron chi connectivity index (χ0n) is 21.5. The molecule has 1 aliphatic rings. The SMILES string of the molecule is COc1ccc(N(C(=O)Cn2nnc3ccccc32)C(C(=O)NC2CCCCC2)c2ccco2)cc1OC. The van der Waals surface area contributed by atoms with E-state index in [4.69, 9.17) is 13.9 Å². The number of nitrogens with zero attached hydrogens (tertiary/aromatic N) is 4. The molecule has 1 atom stereocenters. The second-order valence-corrected chi connectivity index (χ2v) is 9.30. The van der Waals surface area contributed by atoms with E-state index in [1.165, 1.54) is 23.0 Å². The molecule has 1 saturated carbocycles. The molecule has 10 heteroatoms. The molecule has 1 fully saturated rings. The molecule has 1 aliphatic carbocycles. The molecule has 1 N–H and O–H groups in total. The number of furan rings is 1. The fourth-order valence-electron chi connectivity index (χ4n) is 5.00. The number of fused-ring (bicyclic) bond motifs is 1. The quantitative estimate of drug-likeness (QED) is 0.353. The Hall–Kier alpha value is -4.34. The number of hydrogen-bond donors (Lipinski definition) is 1. The third kappa shape index (κ3) is 5.20. The topological polar surface area (TPSA) is 112 Å². The summed E-state index contributed by atoms with van der Waals surface area (Å²) in [5, 5.41) is 11.5. The summed E-state index contributed by atoms with van der Waals surface area (Å²) >= 11 is 0. The molecule has 2 amide bonds. The van der Waals surface area contributed by atoms with Gasteiger partial charge in [0.05, 0.1) is 26.0 Å². The van der Waals surface area contributed by atoms with Gasteiger partial charge >= 0.3 is 0 Å². The number of ether oxygens (including phenoxy) is 2. The Kier molecular flexibility index (Phi) is 7.57. The van der Waals surface area contributed by atoms with Crippen LogP contribution in [0, 0.1) is 0 Å². The highest BCUT2D eigenvalue weighted by atomic mass is 16.5. The van der Waals surface area contributed by atoms with Crippen molar-refractivity contribution in [2.75, 3.05) is 19.1 Å². The highest BCUT2D eigenvalue weighted by molar-refractivity contribution is 6.01. The number of carbonyl (C=O) groups excluding carboxylic acids is 2. The predicted octanol–water partition coefficient (Wildman–Crippen LogP) is 4.26. The van der Waals surface area contributed by atoms with Gasteiger partial charge in [-0.05, 0) is 49.2 Å². The molecule has 0 saturated heterocycles. The lowest BCUT2D eigenvalue weighted by atomic mass is 9.95. The van der Waals surface area contributed by atoms with Gasteiger partial charge in [0, 0.05) is 17.8 Å². The summed E-state index contributed by atoms with van der Waals surface area (Å²) in [6.07, 6.45) is 6.61. The maximum Gasteiger partial charge on any atom is 0.251 e. The second-order valence-electron chi connectivity index (χ2n) is 9.30. The van der Waals surface area contributed by atoms with Crippen molar-refractivity contribution in [1.29, 1.82) is 0 Å². The number of anilines is 1. The number of hydrogen-bond acceptors (Lipinski definition) is 7. The summed E-state index contributed by atoms with van der Waals surface area (Å²) in [5.74, 6) is 0.614. The van der Waals surface area contributed by atoms with Gasteiger partial charge < -0.3 is 19.2 Å². The summed E-state index contributed by atoms with van der Waals surface area (Å²) < 4.78 is 18.2. The molecule has 5 rings (SSSR count). The molecule has 38 heavy (non-hydrogen) atoms. The van der Waals surface area contributed by atoms with Crippen LogP contribution in [0.2, 0.25) is 0 Å². The van der Waals surface area contributed by atoms with Crippen LogP contribution in [0.4, 0.5) is 5.69 Å². The molecular formula is C28H31N5O5. The molecular weight excluding hydrogens is 486 g/mol. The van der Waals surface area contributed by atoms with Crippen LogP contribution in [0.5, 0.6) is 11.5 Å². The van der Waals surface area contributed by atoms with E-state index in [1.807, 2.05) is 24.3 Å². The van der Waals surface area contributed by atoms with Crippen molar-refractivity contribution < 1.29 is 23.5 Å². The summed E-state index contributed by atoms with van der Waals surface area (Å²) in [5.41, 5.74) is 1.85. The molecule has 1 unspecified atom stereocenters. The van der Waals surface area contributed by atoms with Crippen molar-refractivity contribution in [3.8, 4) is 11.5 Å². The molecule has 0 bridgehead atoms. The number of amides is 2. The molecule has 198 valence electrons. The maximum absolute atomic E-state index is 14.1. The first-order valence-electron chi connectivity index (χ1n) is 12.7. The molecule has 2 heterocycles. The number of methoxy groups -OCH3 is 2. The third-order valence-electron chi connectivity index (χ3n) is 6.89. The minimum Gasteiger partial charge on any atom is -0.493 e. The first kappa shape index (κ1) is 25.3. The van der Waals surface area contributed by atoms with Gasteiger partial charge in [-0.1, -0.05) is 36.6 Å². The number of nitrogens with one attached hydrogen (secondary N) is 1. The summed E-state index contributed by atoms with van der Waals surface area (Å²) in [6, 6.07) is 14.9. The number of aromatic nitrogens is 3. The van der Waals surface area contributed by atoms with Crippen LogP contribution < -0.4 is 19.7 Å². The van der Waals surface area contributed by atoms with E-state index in [1.54, 1.807) is 37.4 Å². The largest absolute Gasteiger partial charge is 0.493 e.